The van der Waals surface area contributed by atoms with Crippen LogP contribution in [0.1, 0.15) is 39.8 Å². The summed E-state index contributed by atoms with van der Waals surface area (Å²) in [5, 5.41) is 13.6. The molecule has 0 aliphatic heterocycles. The van der Waals surface area contributed by atoms with Gasteiger partial charge in [0.15, 0.2) is 0 Å². The van der Waals surface area contributed by atoms with Crippen LogP contribution in [0.4, 0.5) is 16.2 Å². The summed E-state index contributed by atoms with van der Waals surface area (Å²) in [7, 11) is 1.94. The van der Waals surface area contributed by atoms with Gasteiger partial charge in [0.25, 0.3) is 5.69 Å². The minimum Gasteiger partial charge on any atom is -0.353 e. The van der Waals surface area contributed by atoms with Gasteiger partial charge in [-0.1, -0.05) is 20.8 Å². The highest BCUT2D eigenvalue weighted by molar-refractivity contribution is 5.92. The number of non-ortho nitro benzene ring substituents is 1. The molecule has 2 rings (SSSR count). The van der Waals surface area contributed by atoms with Crippen molar-refractivity contribution >= 4 is 23.3 Å². The Morgan fingerprint density at radius 3 is 2.31 bits per heavy atom. The first-order valence-electron chi connectivity index (χ1n) is 10.8. The minimum absolute atomic E-state index is 0.0506. The molecule has 1 heterocycles. The number of anilines is 1. The Morgan fingerprint density at radius 1 is 1.16 bits per heavy atom. The van der Waals surface area contributed by atoms with Crippen LogP contribution < -0.4 is 5.32 Å². The number of benzene rings is 1. The fourth-order valence-corrected chi connectivity index (χ4v) is 3.31. The summed E-state index contributed by atoms with van der Waals surface area (Å²) < 4.78 is 1.98. The van der Waals surface area contributed by atoms with Gasteiger partial charge in [-0.15, -0.1) is 0 Å². The molecule has 1 atom stereocenters. The van der Waals surface area contributed by atoms with E-state index in [9.17, 15) is 19.7 Å². The lowest BCUT2D eigenvalue weighted by molar-refractivity contribution is -0.384. The van der Waals surface area contributed by atoms with Crippen molar-refractivity contribution in [1.82, 2.24) is 14.4 Å². The number of nitrogens with one attached hydrogen (secondary N) is 1. The van der Waals surface area contributed by atoms with Gasteiger partial charge in [-0.05, 0) is 43.5 Å². The summed E-state index contributed by atoms with van der Waals surface area (Å²) in [5.41, 5.74) is 1.40. The van der Waals surface area contributed by atoms with E-state index < -0.39 is 11.0 Å². The summed E-state index contributed by atoms with van der Waals surface area (Å²) in [6.07, 6.45) is 2.62. The number of aromatic nitrogens is 1. The molecular formula is C23H33N5O4. The topological polar surface area (TPSA) is 101 Å². The predicted molar refractivity (Wildman–Crippen MR) is 124 cm³/mol. The number of hydrogen-bond donors (Lipinski definition) is 1. The van der Waals surface area contributed by atoms with Crippen LogP contribution in [-0.2, 0) is 18.4 Å². The molecule has 1 aromatic heterocycles. The van der Waals surface area contributed by atoms with E-state index in [4.69, 9.17) is 0 Å². The third-order valence-corrected chi connectivity index (χ3v) is 5.36. The summed E-state index contributed by atoms with van der Waals surface area (Å²) in [5.74, 6) is 0.157. The number of aryl methyl sites for hydroxylation is 1. The van der Waals surface area contributed by atoms with Crippen molar-refractivity contribution in [2.45, 2.75) is 46.7 Å². The molecule has 0 aliphatic rings. The molecule has 0 saturated heterocycles. The van der Waals surface area contributed by atoms with Gasteiger partial charge in [-0.2, -0.15) is 0 Å². The molecule has 1 aromatic carbocycles. The summed E-state index contributed by atoms with van der Waals surface area (Å²) in [6, 6.07) is 8.97. The van der Waals surface area contributed by atoms with E-state index in [0.29, 0.717) is 25.2 Å². The third-order valence-electron chi connectivity index (χ3n) is 5.36. The minimum atomic E-state index is -0.494. The van der Waals surface area contributed by atoms with Gasteiger partial charge in [0.05, 0.1) is 11.5 Å². The lowest BCUT2D eigenvalue weighted by Crippen LogP contribution is -2.48. The normalized spacial score (nSPS) is 11.8. The Labute approximate surface area is 189 Å². The van der Waals surface area contributed by atoms with Gasteiger partial charge in [-0.25, -0.2) is 4.79 Å². The highest BCUT2D eigenvalue weighted by atomic mass is 16.6. The SMILES string of the molecule is CCC(C)N(CC(=O)N(Cc1cccn1C)CC(C)C)C(=O)Nc1ccc([N+](=O)[O-])cc1. The zero-order valence-electron chi connectivity index (χ0n) is 19.4. The molecule has 32 heavy (non-hydrogen) atoms. The zero-order chi connectivity index (χ0) is 23.8. The molecule has 0 bridgehead atoms. The van der Waals surface area contributed by atoms with Crippen LogP contribution in [0, 0.1) is 16.0 Å². The Morgan fingerprint density at radius 2 is 1.81 bits per heavy atom. The maximum absolute atomic E-state index is 13.2. The Bertz CT molecular complexity index is 923. The molecule has 0 radical (unpaired) electrons. The van der Waals surface area contributed by atoms with Gasteiger partial charge in [0.1, 0.15) is 6.54 Å². The number of nitro benzene ring substituents is 1. The molecule has 1 unspecified atom stereocenters. The van der Waals surface area contributed by atoms with E-state index in [-0.39, 0.29) is 30.1 Å². The number of carbonyl (C=O) groups excluding carboxylic acids is 2. The van der Waals surface area contributed by atoms with Crippen LogP contribution in [0.25, 0.3) is 0 Å². The van der Waals surface area contributed by atoms with Crippen LogP contribution in [0.2, 0.25) is 0 Å². The van der Waals surface area contributed by atoms with Crippen molar-refractivity contribution in [3.63, 3.8) is 0 Å². The molecule has 174 valence electrons. The lowest BCUT2D eigenvalue weighted by atomic mass is 10.2. The quantitative estimate of drug-likeness (QED) is 0.438. The van der Waals surface area contributed by atoms with Crippen LogP contribution in [0.15, 0.2) is 42.6 Å². The Balaban J connectivity index is 2.15. The Kier molecular flexibility index (Phi) is 8.80. The van der Waals surface area contributed by atoms with Gasteiger partial charge in [0.2, 0.25) is 5.91 Å². The molecule has 1 N–H and O–H groups in total. The van der Waals surface area contributed by atoms with Crippen LogP contribution in [0.3, 0.4) is 0 Å². The first-order valence-corrected chi connectivity index (χ1v) is 10.8. The van der Waals surface area contributed by atoms with E-state index in [1.807, 2.05) is 43.8 Å². The van der Waals surface area contributed by atoms with E-state index in [2.05, 4.69) is 19.2 Å². The summed E-state index contributed by atoms with van der Waals surface area (Å²) in [4.78, 5) is 39.9. The molecule has 2 aromatic rings. The van der Waals surface area contributed by atoms with Crippen LogP contribution >= 0.6 is 0 Å². The third kappa shape index (κ3) is 6.83. The summed E-state index contributed by atoms with van der Waals surface area (Å²) >= 11 is 0. The molecule has 0 saturated carbocycles. The zero-order valence-corrected chi connectivity index (χ0v) is 19.4. The molecule has 0 fully saturated rings. The number of amides is 3. The standard InChI is InChI=1S/C23H33N5O4/c1-6-18(4)27(23(30)24-19-9-11-20(12-10-19)28(31)32)16-22(29)26(14-17(2)3)15-21-8-7-13-25(21)5/h7-13,17-18H,6,14-16H2,1-5H3,(H,24,30). The second-order valence-corrected chi connectivity index (χ2v) is 8.40. The van der Waals surface area contributed by atoms with Crippen molar-refractivity contribution < 1.29 is 14.5 Å². The number of nitrogens with zero attached hydrogens (tertiary/aromatic N) is 4. The number of urea groups is 1. The molecule has 3 amide bonds. The maximum atomic E-state index is 13.2. The lowest BCUT2D eigenvalue weighted by Gasteiger charge is -2.32. The number of carbonyl (C=O) groups is 2. The van der Waals surface area contributed by atoms with Crippen molar-refractivity contribution in [3.8, 4) is 0 Å². The first kappa shape index (κ1) is 24.9. The molecular weight excluding hydrogens is 410 g/mol. The van der Waals surface area contributed by atoms with Crippen LogP contribution in [-0.4, -0.2) is 50.4 Å². The smallest absolute Gasteiger partial charge is 0.322 e. The molecule has 0 aliphatic carbocycles. The number of hydrogen-bond acceptors (Lipinski definition) is 4. The van der Waals surface area contributed by atoms with Crippen molar-refractivity contribution in [3.05, 3.63) is 58.4 Å². The fraction of sp³-hybridized carbons (Fsp3) is 0.478. The fourth-order valence-electron chi connectivity index (χ4n) is 3.31. The highest BCUT2D eigenvalue weighted by Gasteiger charge is 2.26. The largest absolute Gasteiger partial charge is 0.353 e. The van der Waals surface area contributed by atoms with E-state index >= 15 is 0 Å². The predicted octanol–water partition coefficient (Wildman–Crippen LogP) is 4.25. The average molecular weight is 444 g/mol. The van der Waals surface area contributed by atoms with Gasteiger partial charge in [0, 0.05) is 49.3 Å². The van der Waals surface area contributed by atoms with Gasteiger partial charge < -0.3 is 19.7 Å². The molecule has 9 nitrogen and oxygen atoms in total. The van der Waals surface area contributed by atoms with Crippen LogP contribution in [0.5, 0.6) is 0 Å². The van der Waals surface area contributed by atoms with Crippen molar-refractivity contribution in [2.75, 3.05) is 18.4 Å². The first-order chi connectivity index (χ1) is 15.1. The monoisotopic (exact) mass is 443 g/mol. The van der Waals surface area contributed by atoms with E-state index in [0.717, 1.165) is 5.69 Å². The van der Waals surface area contributed by atoms with Crippen molar-refractivity contribution in [2.24, 2.45) is 13.0 Å². The average Bonchev–Trinajstić information content (AvgIpc) is 3.15. The van der Waals surface area contributed by atoms with E-state index in [1.165, 1.54) is 29.2 Å². The van der Waals surface area contributed by atoms with Gasteiger partial charge >= 0.3 is 6.03 Å². The Hall–Kier alpha value is -3.36. The number of rotatable bonds is 10. The second-order valence-electron chi connectivity index (χ2n) is 8.40. The van der Waals surface area contributed by atoms with Gasteiger partial charge in [-0.3, -0.25) is 14.9 Å². The van der Waals surface area contributed by atoms with Crippen molar-refractivity contribution in [1.29, 1.82) is 0 Å². The molecule has 9 heteroatoms. The molecule has 0 spiro atoms. The highest BCUT2D eigenvalue weighted by Crippen LogP contribution is 2.17. The second kappa shape index (κ2) is 11.3. The summed E-state index contributed by atoms with van der Waals surface area (Å²) in [6.45, 7) is 8.97. The van der Waals surface area contributed by atoms with E-state index in [1.54, 1.807) is 4.90 Å². The maximum Gasteiger partial charge on any atom is 0.322 e. The number of nitro groups is 1.